The van der Waals surface area contributed by atoms with E-state index in [0.717, 1.165) is 41.0 Å². The van der Waals surface area contributed by atoms with Crippen LogP contribution in [0.2, 0.25) is 0 Å². The van der Waals surface area contributed by atoms with E-state index in [1.807, 2.05) is 0 Å². The van der Waals surface area contributed by atoms with E-state index in [4.69, 9.17) is 0 Å². The zero-order valence-corrected chi connectivity index (χ0v) is 11.4. The van der Waals surface area contributed by atoms with Crippen LogP contribution >= 0.6 is 0 Å². The van der Waals surface area contributed by atoms with Crippen LogP contribution in [0.5, 0.6) is 0 Å². The van der Waals surface area contributed by atoms with Crippen LogP contribution in [0.25, 0.3) is 0 Å². The molecule has 96 valence electrons. The number of hydrogen-bond donors (Lipinski definition) is 1. The molecule has 5 rings (SSSR count). The van der Waals surface area contributed by atoms with E-state index in [9.17, 15) is 0 Å². The van der Waals surface area contributed by atoms with Crippen molar-refractivity contribution < 1.29 is 0 Å². The van der Waals surface area contributed by atoms with E-state index >= 15 is 0 Å². The van der Waals surface area contributed by atoms with Gasteiger partial charge in [0, 0.05) is 6.04 Å². The predicted molar refractivity (Wildman–Crippen MR) is 70.7 cm³/mol. The molecule has 1 N–H and O–H groups in total. The van der Waals surface area contributed by atoms with Crippen molar-refractivity contribution in [2.75, 3.05) is 7.05 Å². The minimum atomic E-state index is 0.720. The second kappa shape index (κ2) is 3.50. The molecular weight excluding hydrogens is 206 g/mol. The van der Waals surface area contributed by atoms with Crippen LogP contribution in [0.1, 0.15) is 51.9 Å². The zero-order chi connectivity index (χ0) is 11.6. The monoisotopic (exact) mass is 233 g/mol. The Balaban J connectivity index is 1.62. The Kier molecular flexibility index (Phi) is 2.23. The summed E-state index contributed by atoms with van der Waals surface area (Å²) in [6.07, 6.45) is 11.0. The molecule has 0 heterocycles. The van der Waals surface area contributed by atoms with Crippen molar-refractivity contribution >= 4 is 0 Å². The SMILES string of the molecule is CNC(C)C1(C2C3CC4CC(C3)CC2C4)CC1. The van der Waals surface area contributed by atoms with Gasteiger partial charge in [-0.05, 0) is 93.9 Å². The van der Waals surface area contributed by atoms with Gasteiger partial charge in [0.15, 0.2) is 0 Å². The summed E-state index contributed by atoms with van der Waals surface area (Å²) < 4.78 is 0. The Bertz CT molecular complexity index is 289. The molecule has 5 saturated carbocycles. The molecule has 0 saturated heterocycles. The summed E-state index contributed by atoms with van der Waals surface area (Å²) in [7, 11) is 2.17. The third-order valence-electron chi connectivity index (χ3n) is 7.01. The molecule has 1 heteroatoms. The van der Waals surface area contributed by atoms with Gasteiger partial charge in [0.2, 0.25) is 0 Å². The fraction of sp³-hybridized carbons (Fsp3) is 1.00. The minimum absolute atomic E-state index is 0.720. The summed E-state index contributed by atoms with van der Waals surface area (Å²) in [5.74, 6) is 5.59. The van der Waals surface area contributed by atoms with E-state index in [1.165, 1.54) is 12.8 Å². The van der Waals surface area contributed by atoms with E-state index in [0.29, 0.717) is 0 Å². The summed E-state index contributed by atoms with van der Waals surface area (Å²) >= 11 is 0. The first-order valence-corrected chi connectivity index (χ1v) is 7.90. The first kappa shape index (κ1) is 10.8. The lowest BCUT2D eigenvalue weighted by Gasteiger charge is -2.57. The van der Waals surface area contributed by atoms with E-state index < -0.39 is 0 Å². The largest absolute Gasteiger partial charge is 0.317 e. The van der Waals surface area contributed by atoms with Gasteiger partial charge in [-0.25, -0.2) is 0 Å². The first-order valence-electron chi connectivity index (χ1n) is 7.90. The fourth-order valence-corrected chi connectivity index (χ4v) is 6.35. The van der Waals surface area contributed by atoms with Crippen LogP contribution in [-0.2, 0) is 0 Å². The molecular formula is C16H27N. The third kappa shape index (κ3) is 1.41. The van der Waals surface area contributed by atoms with Gasteiger partial charge in [-0.2, -0.15) is 0 Å². The molecule has 0 amide bonds. The molecule has 1 nitrogen and oxygen atoms in total. The number of nitrogens with one attached hydrogen (secondary N) is 1. The van der Waals surface area contributed by atoms with Gasteiger partial charge < -0.3 is 5.32 Å². The van der Waals surface area contributed by atoms with Gasteiger partial charge in [-0.3, -0.25) is 0 Å². The Hall–Kier alpha value is -0.0400. The maximum Gasteiger partial charge on any atom is 0.00950 e. The van der Waals surface area contributed by atoms with Gasteiger partial charge in [-0.1, -0.05) is 0 Å². The molecule has 0 aliphatic heterocycles. The maximum absolute atomic E-state index is 3.58. The van der Waals surface area contributed by atoms with Crippen LogP contribution < -0.4 is 5.32 Å². The fourth-order valence-electron chi connectivity index (χ4n) is 6.35. The van der Waals surface area contributed by atoms with Crippen LogP contribution in [0.15, 0.2) is 0 Å². The Morgan fingerprint density at radius 2 is 1.47 bits per heavy atom. The van der Waals surface area contributed by atoms with Crippen LogP contribution in [0.3, 0.4) is 0 Å². The highest BCUT2D eigenvalue weighted by Crippen LogP contribution is 2.68. The highest BCUT2D eigenvalue weighted by Gasteiger charge is 2.61. The van der Waals surface area contributed by atoms with E-state index in [1.54, 1.807) is 32.1 Å². The molecule has 4 bridgehead atoms. The Morgan fingerprint density at radius 1 is 0.941 bits per heavy atom. The van der Waals surface area contributed by atoms with Crippen molar-refractivity contribution in [3.8, 4) is 0 Å². The third-order valence-corrected chi connectivity index (χ3v) is 7.01. The number of hydrogen-bond acceptors (Lipinski definition) is 1. The second-order valence-corrected chi connectivity index (χ2v) is 7.70. The summed E-state index contributed by atoms with van der Waals surface area (Å²) in [5.41, 5.74) is 0.720. The van der Waals surface area contributed by atoms with Crippen molar-refractivity contribution in [1.29, 1.82) is 0 Å². The molecule has 0 aromatic carbocycles. The van der Waals surface area contributed by atoms with Gasteiger partial charge in [0.1, 0.15) is 0 Å². The van der Waals surface area contributed by atoms with Gasteiger partial charge in [-0.15, -0.1) is 0 Å². The Labute approximate surface area is 106 Å². The van der Waals surface area contributed by atoms with E-state index in [-0.39, 0.29) is 0 Å². The molecule has 0 radical (unpaired) electrons. The van der Waals surface area contributed by atoms with Crippen LogP contribution in [-0.4, -0.2) is 13.1 Å². The molecule has 1 unspecified atom stereocenters. The lowest BCUT2D eigenvalue weighted by atomic mass is 9.48. The second-order valence-electron chi connectivity index (χ2n) is 7.70. The Morgan fingerprint density at radius 3 is 1.88 bits per heavy atom. The average Bonchev–Trinajstić information content (AvgIpc) is 3.08. The van der Waals surface area contributed by atoms with E-state index in [2.05, 4.69) is 19.3 Å². The summed E-state index contributed by atoms with van der Waals surface area (Å²) in [6.45, 7) is 2.44. The molecule has 17 heavy (non-hydrogen) atoms. The van der Waals surface area contributed by atoms with Gasteiger partial charge in [0.05, 0.1) is 0 Å². The molecule has 0 aromatic heterocycles. The topological polar surface area (TPSA) is 12.0 Å². The molecule has 0 aromatic rings. The number of rotatable bonds is 3. The van der Waals surface area contributed by atoms with Crippen molar-refractivity contribution in [2.45, 2.75) is 57.9 Å². The molecule has 5 aliphatic rings. The molecule has 0 spiro atoms. The highest BCUT2D eigenvalue weighted by molar-refractivity contribution is 5.12. The van der Waals surface area contributed by atoms with Crippen LogP contribution in [0, 0.1) is 35.0 Å². The molecule has 5 fully saturated rings. The normalized spacial score (nSPS) is 51.5. The molecule has 1 atom stereocenters. The average molecular weight is 233 g/mol. The van der Waals surface area contributed by atoms with Crippen molar-refractivity contribution in [1.82, 2.24) is 5.32 Å². The maximum atomic E-state index is 3.58. The van der Waals surface area contributed by atoms with Crippen LogP contribution in [0.4, 0.5) is 0 Å². The quantitative estimate of drug-likeness (QED) is 0.787. The first-order chi connectivity index (χ1) is 8.23. The summed E-state index contributed by atoms with van der Waals surface area (Å²) in [6, 6.07) is 0.755. The van der Waals surface area contributed by atoms with Gasteiger partial charge >= 0.3 is 0 Å². The minimum Gasteiger partial charge on any atom is -0.317 e. The summed E-state index contributed by atoms with van der Waals surface area (Å²) in [4.78, 5) is 0. The van der Waals surface area contributed by atoms with Crippen molar-refractivity contribution in [3.63, 3.8) is 0 Å². The van der Waals surface area contributed by atoms with Gasteiger partial charge in [0.25, 0.3) is 0 Å². The predicted octanol–water partition coefficient (Wildman–Crippen LogP) is 3.45. The lowest BCUT2D eigenvalue weighted by Crippen LogP contribution is -2.52. The van der Waals surface area contributed by atoms with Crippen molar-refractivity contribution in [2.24, 2.45) is 35.0 Å². The lowest BCUT2D eigenvalue weighted by molar-refractivity contribution is -0.0749. The standard InChI is InChI=1S/C16H27N/c1-10(17-2)16(3-4-16)15-13-6-11-5-12(8-13)9-14(15)7-11/h10-15,17H,3-9H2,1-2H3. The molecule has 5 aliphatic carbocycles. The highest BCUT2D eigenvalue weighted by atomic mass is 14.9. The zero-order valence-electron chi connectivity index (χ0n) is 11.4. The van der Waals surface area contributed by atoms with Crippen molar-refractivity contribution in [3.05, 3.63) is 0 Å². The summed E-state index contributed by atoms with van der Waals surface area (Å²) in [5, 5.41) is 3.58. The smallest absolute Gasteiger partial charge is 0.00950 e.